The third kappa shape index (κ3) is 3.71. The van der Waals surface area contributed by atoms with Crippen LogP contribution in [-0.4, -0.2) is 39.9 Å². The van der Waals surface area contributed by atoms with Crippen molar-refractivity contribution in [2.75, 3.05) is 18.0 Å². The number of aromatic nitrogens is 3. The number of rotatable bonds is 4. The highest BCUT2D eigenvalue weighted by Crippen LogP contribution is 2.24. The number of hydrogen-bond acceptors (Lipinski definition) is 6. The minimum atomic E-state index is -0.0481. The zero-order chi connectivity index (χ0) is 16.2. The summed E-state index contributed by atoms with van der Waals surface area (Å²) in [4.78, 5) is 27.2. The lowest BCUT2D eigenvalue weighted by Crippen LogP contribution is -2.43. The van der Waals surface area contributed by atoms with E-state index < -0.39 is 0 Å². The van der Waals surface area contributed by atoms with E-state index >= 15 is 0 Å². The van der Waals surface area contributed by atoms with Crippen LogP contribution >= 0.6 is 0 Å². The van der Waals surface area contributed by atoms with E-state index in [1.807, 2.05) is 13.0 Å². The molecule has 1 atom stereocenters. The Morgan fingerprint density at radius 1 is 1.35 bits per heavy atom. The van der Waals surface area contributed by atoms with E-state index in [2.05, 4.69) is 19.9 Å². The van der Waals surface area contributed by atoms with Crippen LogP contribution in [0.4, 0.5) is 5.69 Å². The SMILES string of the molecule is Cc1cnc(C(=O)Cc2cnccc2N2CCCC(N)C2)cn1. The number of nitrogens with two attached hydrogens (primary N) is 1. The molecule has 1 aliphatic heterocycles. The van der Waals surface area contributed by atoms with Crippen LogP contribution in [0.25, 0.3) is 0 Å². The van der Waals surface area contributed by atoms with Crippen molar-refractivity contribution < 1.29 is 4.79 Å². The van der Waals surface area contributed by atoms with Gasteiger partial charge in [-0.15, -0.1) is 0 Å². The molecule has 120 valence electrons. The minimum Gasteiger partial charge on any atom is -0.370 e. The summed E-state index contributed by atoms with van der Waals surface area (Å²) in [5.74, 6) is -0.0481. The number of ketones is 1. The van der Waals surface area contributed by atoms with Crippen molar-refractivity contribution in [3.8, 4) is 0 Å². The van der Waals surface area contributed by atoms with Crippen molar-refractivity contribution in [1.29, 1.82) is 0 Å². The number of carbonyl (C=O) groups excluding carboxylic acids is 1. The molecule has 3 heterocycles. The van der Waals surface area contributed by atoms with Crippen LogP contribution in [0.5, 0.6) is 0 Å². The summed E-state index contributed by atoms with van der Waals surface area (Å²) < 4.78 is 0. The van der Waals surface area contributed by atoms with Gasteiger partial charge in [0.25, 0.3) is 0 Å². The molecule has 0 radical (unpaired) electrons. The Balaban J connectivity index is 1.80. The quantitative estimate of drug-likeness (QED) is 0.862. The van der Waals surface area contributed by atoms with E-state index in [1.54, 1.807) is 18.6 Å². The van der Waals surface area contributed by atoms with Crippen molar-refractivity contribution in [1.82, 2.24) is 15.0 Å². The molecule has 2 aromatic heterocycles. The number of anilines is 1. The molecule has 6 heteroatoms. The van der Waals surface area contributed by atoms with Gasteiger partial charge >= 0.3 is 0 Å². The van der Waals surface area contributed by atoms with E-state index in [0.29, 0.717) is 5.69 Å². The predicted octanol–water partition coefficient (Wildman–Crippen LogP) is 1.53. The van der Waals surface area contributed by atoms with E-state index in [9.17, 15) is 4.79 Å². The lowest BCUT2D eigenvalue weighted by atomic mass is 10.0. The fraction of sp³-hybridized carbons (Fsp3) is 0.412. The fourth-order valence-electron chi connectivity index (χ4n) is 2.89. The number of Topliss-reactive ketones (excluding diaryl/α,β-unsaturated/α-hetero) is 1. The molecular weight excluding hydrogens is 290 g/mol. The van der Waals surface area contributed by atoms with Gasteiger partial charge in [0.15, 0.2) is 5.78 Å². The maximum Gasteiger partial charge on any atom is 0.187 e. The summed E-state index contributed by atoms with van der Waals surface area (Å²) in [6, 6.07) is 2.14. The van der Waals surface area contributed by atoms with Crippen LogP contribution in [0.2, 0.25) is 0 Å². The lowest BCUT2D eigenvalue weighted by Gasteiger charge is -2.33. The first-order valence-corrected chi connectivity index (χ1v) is 7.89. The van der Waals surface area contributed by atoms with Gasteiger partial charge in [-0.2, -0.15) is 0 Å². The van der Waals surface area contributed by atoms with Crippen molar-refractivity contribution in [3.63, 3.8) is 0 Å². The molecule has 0 aliphatic carbocycles. The Morgan fingerprint density at radius 3 is 2.96 bits per heavy atom. The van der Waals surface area contributed by atoms with Gasteiger partial charge in [-0.05, 0) is 25.8 Å². The second-order valence-corrected chi connectivity index (χ2v) is 6.00. The molecule has 23 heavy (non-hydrogen) atoms. The average Bonchev–Trinajstić information content (AvgIpc) is 2.56. The van der Waals surface area contributed by atoms with E-state index in [0.717, 1.165) is 42.9 Å². The summed E-state index contributed by atoms with van der Waals surface area (Å²) in [5.41, 5.74) is 9.22. The zero-order valence-electron chi connectivity index (χ0n) is 13.3. The number of carbonyl (C=O) groups is 1. The Kier molecular flexibility index (Phi) is 4.62. The van der Waals surface area contributed by atoms with Gasteiger partial charge in [-0.3, -0.25) is 14.8 Å². The highest BCUT2D eigenvalue weighted by atomic mass is 16.1. The molecular formula is C17H21N5O. The molecule has 1 fully saturated rings. The largest absolute Gasteiger partial charge is 0.370 e. The molecule has 0 amide bonds. The van der Waals surface area contributed by atoms with Gasteiger partial charge in [0.05, 0.1) is 11.9 Å². The molecule has 2 N–H and O–H groups in total. The van der Waals surface area contributed by atoms with Gasteiger partial charge in [-0.25, -0.2) is 4.98 Å². The minimum absolute atomic E-state index is 0.0481. The van der Waals surface area contributed by atoms with Gasteiger partial charge in [0.2, 0.25) is 0 Å². The highest BCUT2D eigenvalue weighted by Gasteiger charge is 2.20. The first-order valence-electron chi connectivity index (χ1n) is 7.89. The van der Waals surface area contributed by atoms with Crippen molar-refractivity contribution >= 4 is 11.5 Å². The van der Waals surface area contributed by atoms with Crippen LogP contribution < -0.4 is 10.6 Å². The van der Waals surface area contributed by atoms with Gasteiger partial charge in [0, 0.05) is 55.4 Å². The lowest BCUT2D eigenvalue weighted by molar-refractivity contribution is 0.0988. The highest BCUT2D eigenvalue weighted by molar-refractivity contribution is 5.96. The fourth-order valence-corrected chi connectivity index (χ4v) is 2.89. The molecule has 1 saturated heterocycles. The molecule has 1 unspecified atom stereocenters. The van der Waals surface area contributed by atoms with Crippen LogP contribution in [-0.2, 0) is 6.42 Å². The van der Waals surface area contributed by atoms with Crippen LogP contribution in [0, 0.1) is 6.92 Å². The molecule has 0 saturated carbocycles. The van der Waals surface area contributed by atoms with Gasteiger partial charge in [0.1, 0.15) is 5.69 Å². The second kappa shape index (κ2) is 6.83. The molecule has 0 spiro atoms. The van der Waals surface area contributed by atoms with Crippen molar-refractivity contribution in [2.45, 2.75) is 32.2 Å². The van der Waals surface area contributed by atoms with E-state index in [1.165, 1.54) is 6.20 Å². The normalized spacial score (nSPS) is 18.0. The molecule has 2 aromatic rings. The van der Waals surface area contributed by atoms with Crippen molar-refractivity contribution in [3.05, 3.63) is 47.8 Å². The number of aryl methyl sites for hydroxylation is 1. The predicted molar refractivity (Wildman–Crippen MR) is 88.5 cm³/mol. The summed E-state index contributed by atoms with van der Waals surface area (Å²) >= 11 is 0. The summed E-state index contributed by atoms with van der Waals surface area (Å²) in [5, 5.41) is 0. The van der Waals surface area contributed by atoms with Crippen LogP contribution in [0.3, 0.4) is 0 Å². The Bertz CT molecular complexity index is 686. The van der Waals surface area contributed by atoms with Gasteiger partial charge in [-0.1, -0.05) is 0 Å². The first-order chi connectivity index (χ1) is 11.1. The Hall–Kier alpha value is -2.34. The molecule has 3 rings (SSSR count). The monoisotopic (exact) mass is 311 g/mol. The second-order valence-electron chi connectivity index (χ2n) is 6.00. The molecule has 0 aromatic carbocycles. The maximum atomic E-state index is 12.5. The first kappa shape index (κ1) is 15.6. The third-order valence-corrected chi connectivity index (χ3v) is 4.09. The number of pyridine rings is 1. The topological polar surface area (TPSA) is 85.0 Å². The molecule has 6 nitrogen and oxygen atoms in total. The Labute approximate surface area is 135 Å². The smallest absolute Gasteiger partial charge is 0.187 e. The standard InChI is InChI=1S/C17H21N5O/c1-12-8-21-15(10-20-12)17(23)7-13-9-19-5-4-16(13)22-6-2-3-14(18)11-22/h4-5,8-10,14H,2-3,6-7,11,18H2,1H3. The van der Waals surface area contributed by atoms with E-state index in [4.69, 9.17) is 5.73 Å². The summed E-state index contributed by atoms with van der Waals surface area (Å²) in [7, 11) is 0. The number of nitrogens with zero attached hydrogens (tertiary/aromatic N) is 4. The van der Waals surface area contributed by atoms with Crippen LogP contribution in [0.1, 0.15) is 34.6 Å². The number of piperidine rings is 1. The third-order valence-electron chi connectivity index (χ3n) is 4.09. The van der Waals surface area contributed by atoms with E-state index in [-0.39, 0.29) is 18.2 Å². The van der Waals surface area contributed by atoms with Crippen molar-refractivity contribution in [2.24, 2.45) is 5.73 Å². The van der Waals surface area contributed by atoms with Crippen LogP contribution in [0.15, 0.2) is 30.9 Å². The number of hydrogen-bond donors (Lipinski definition) is 1. The van der Waals surface area contributed by atoms with Gasteiger partial charge < -0.3 is 10.6 Å². The average molecular weight is 311 g/mol. The molecule has 1 aliphatic rings. The maximum absolute atomic E-state index is 12.5. The Morgan fingerprint density at radius 2 is 2.22 bits per heavy atom. The zero-order valence-corrected chi connectivity index (χ0v) is 13.3. The summed E-state index contributed by atoms with van der Waals surface area (Å²) in [6.07, 6.45) is 9.05. The molecule has 0 bridgehead atoms. The summed E-state index contributed by atoms with van der Waals surface area (Å²) in [6.45, 7) is 3.62.